The van der Waals surface area contributed by atoms with Crippen LogP contribution < -0.4 is 10.2 Å². The van der Waals surface area contributed by atoms with Crippen molar-refractivity contribution in [3.8, 4) is 0 Å². The number of para-hydroxylation sites is 1. The molecule has 0 aromatic heterocycles. The zero-order chi connectivity index (χ0) is 23.4. The lowest BCUT2D eigenvalue weighted by Gasteiger charge is -2.26. The highest BCUT2D eigenvalue weighted by atomic mass is 31.1. The molecule has 1 saturated carbocycles. The van der Waals surface area contributed by atoms with Crippen molar-refractivity contribution in [2.75, 3.05) is 23.8 Å². The Hall–Kier alpha value is -2.26. The fraction of sp³-hybridized carbons (Fsp3) is 0.519. The minimum absolute atomic E-state index is 0.0873. The number of carbonyl (C=O) groups excluding carboxylic acids is 1. The molecule has 1 aliphatic carbocycles. The van der Waals surface area contributed by atoms with E-state index in [0.717, 1.165) is 39.4 Å². The lowest BCUT2D eigenvalue weighted by atomic mass is 9.82. The maximum absolute atomic E-state index is 12.9. The highest BCUT2D eigenvalue weighted by Gasteiger charge is 2.45. The van der Waals surface area contributed by atoms with Crippen molar-refractivity contribution in [1.82, 2.24) is 5.32 Å². The van der Waals surface area contributed by atoms with E-state index in [0.29, 0.717) is 11.4 Å². The van der Waals surface area contributed by atoms with Crippen molar-refractivity contribution in [1.29, 1.82) is 0 Å². The molecule has 1 N–H and O–H groups in total. The van der Waals surface area contributed by atoms with Crippen LogP contribution in [0.4, 0.5) is 5.69 Å². The van der Waals surface area contributed by atoms with Crippen LogP contribution in [-0.4, -0.2) is 42.7 Å². The van der Waals surface area contributed by atoms with Gasteiger partial charge in [0.1, 0.15) is 11.4 Å². The van der Waals surface area contributed by atoms with E-state index in [1.54, 1.807) is 6.92 Å². The minimum Gasteiger partial charge on any atom is -0.348 e. The second-order valence-corrected chi connectivity index (χ2v) is 11.0. The van der Waals surface area contributed by atoms with E-state index in [2.05, 4.69) is 41.1 Å². The Morgan fingerprint density at radius 3 is 2.67 bits per heavy atom. The summed E-state index contributed by atoms with van der Waals surface area (Å²) >= 11 is 0. The molecule has 2 unspecified atom stereocenters. The summed E-state index contributed by atoms with van der Waals surface area (Å²) in [6.07, 6.45) is 11.3. The number of fused-ring (bicyclic) bond motifs is 2. The Morgan fingerprint density at radius 1 is 1.24 bits per heavy atom. The third-order valence-corrected chi connectivity index (χ3v) is 8.67. The number of hydrogen-bond acceptors (Lipinski definition) is 4. The molecule has 176 valence electrons. The molecule has 2 atom stereocenters. The summed E-state index contributed by atoms with van der Waals surface area (Å²) in [5, 5.41) is 3.19. The summed E-state index contributed by atoms with van der Waals surface area (Å²) in [6.45, 7) is 10.8. The standard InChI is InChI=1S/C27H37N4OP/c1-5-28-25(31-17-27(15-16-33-18-27)22-13-9-10-14-23(22)31)24(19(2)3)29-20(4)26(32)30-21-11-7-6-8-12-21/h5,9-10,13-14,21,33H,2,6-8,11-12,15-18H2,1,3-4H3,(H,30,32)/b25-24-,28-5-,29-20+. The van der Waals surface area contributed by atoms with Crippen LogP contribution in [0.1, 0.15) is 64.9 Å². The monoisotopic (exact) mass is 464 g/mol. The number of carbonyl (C=O) groups is 1. The van der Waals surface area contributed by atoms with Crippen LogP contribution in [0, 0.1) is 0 Å². The van der Waals surface area contributed by atoms with Crippen molar-refractivity contribution in [3.05, 3.63) is 53.5 Å². The van der Waals surface area contributed by atoms with Gasteiger partial charge >= 0.3 is 0 Å². The molecule has 0 radical (unpaired) electrons. The number of hydrogen-bond donors (Lipinski definition) is 1. The van der Waals surface area contributed by atoms with Crippen LogP contribution in [0.2, 0.25) is 0 Å². The summed E-state index contributed by atoms with van der Waals surface area (Å²) in [5.74, 6) is 0.699. The van der Waals surface area contributed by atoms with Crippen LogP contribution >= 0.6 is 8.58 Å². The number of amides is 1. The van der Waals surface area contributed by atoms with Gasteiger partial charge in [0.2, 0.25) is 0 Å². The van der Waals surface area contributed by atoms with Gasteiger partial charge in [-0.05, 0) is 69.6 Å². The lowest BCUT2D eigenvalue weighted by Crippen LogP contribution is -2.39. The van der Waals surface area contributed by atoms with Crippen molar-refractivity contribution in [2.45, 2.75) is 70.8 Å². The number of rotatable bonds is 6. The molecular weight excluding hydrogens is 427 g/mol. The molecule has 2 fully saturated rings. The molecule has 2 heterocycles. The first kappa shape index (κ1) is 23.9. The molecule has 1 amide bonds. The quantitative estimate of drug-likeness (QED) is 0.340. The van der Waals surface area contributed by atoms with Crippen LogP contribution in [-0.2, 0) is 10.2 Å². The van der Waals surface area contributed by atoms with Gasteiger partial charge in [-0.1, -0.05) is 44.0 Å². The smallest absolute Gasteiger partial charge is 0.265 e. The number of nitrogens with one attached hydrogen (secondary N) is 1. The molecule has 0 bridgehead atoms. The van der Waals surface area contributed by atoms with E-state index in [1.807, 2.05) is 20.1 Å². The van der Waals surface area contributed by atoms with E-state index in [-0.39, 0.29) is 17.4 Å². The number of anilines is 1. The Morgan fingerprint density at radius 2 is 2.00 bits per heavy atom. The average Bonchev–Trinajstić information content (AvgIpc) is 3.42. The van der Waals surface area contributed by atoms with Crippen LogP contribution in [0.25, 0.3) is 0 Å². The van der Waals surface area contributed by atoms with Crippen molar-refractivity contribution >= 4 is 32.1 Å². The number of benzene rings is 1. The Kier molecular flexibility index (Phi) is 7.48. The maximum Gasteiger partial charge on any atom is 0.265 e. The van der Waals surface area contributed by atoms with Crippen LogP contribution in [0.15, 0.2) is 57.9 Å². The highest BCUT2D eigenvalue weighted by molar-refractivity contribution is 7.38. The third kappa shape index (κ3) is 4.99. The summed E-state index contributed by atoms with van der Waals surface area (Å²) in [4.78, 5) is 24.9. The van der Waals surface area contributed by atoms with Crippen LogP contribution in [0.5, 0.6) is 0 Å². The predicted molar refractivity (Wildman–Crippen MR) is 142 cm³/mol. The third-order valence-electron chi connectivity index (χ3n) is 7.14. The van der Waals surface area contributed by atoms with E-state index in [4.69, 9.17) is 9.98 Å². The van der Waals surface area contributed by atoms with Crippen molar-refractivity contribution in [3.63, 3.8) is 0 Å². The lowest BCUT2D eigenvalue weighted by molar-refractivity contribution is -0.115. The second kappa shape index (κ2) is 10.3. The van der Waals surface area contributed by atoms with Gasteiger partial charge in [-0.15, -0.1) is 8.58 Å². The van der Waals surface area contributed by atoms with Crippen molar-refractivity contribution < 1.29 is 4.79 Å². The van der Waals surface area contributed by atoms with E-state index in [9.17, 15) is 4.79 Å². The molecule has 1 aromatic carbocycles. The zero-order valence-electron chi connectivity index (χ0n) is 20.3. The minimum atomic E-state index is -0.0873. The van der Waals surface area contributed by atoms with E-state index >= 15 is 0 Å². The first-order chi connectivity index (χ1) is 15.9. The number of allylic oxidation sites excluding steroid dienone is 1. The molecule has 3 aliphatic rings. The van der Waals surface area contributed by atoms with E-state index in [1.165, 1.54) is 49.3 Å². The molecule has 4 rings (SSSR count). The summed E-state index contributed by atoms with van der Waals surface area (Å²) < 4.78 is 0. The number of aliphatic imine (C=N–C) groups is 2. The van der Waals surface area contributed by atoms with Gasteiger partial charge in [0.05, 0.1) is 0 Å². The van der Waals surface area contributed by atoms with Gasteiger partial charge in [0.25, 0.3) is 5.91 Å². The molecule has 5 nitrogen and oxygen atoms in total. The Bertz CT molecular complexity index is 997. The topological polar surface area (TPSA) is 57.1 Å². The SMILES string of the molecule is C=C(C)C(/N=C(\C)C(=O)NC1CCCCC1)=C(\N=C/C)N1CC2(CCPC2)c2ccccc21. The fourth-order valence-corrected chi connectivity index (χ4v) is 7.19. The molecule has 6 heteroatoms. The van der Waals surface area contributed by atoms with Crippen LogP contribution in [0.3, 0.4) is 0 Å². The largest absolute Gasteiger partial charge is 0.348 e. The second-order valence-electron chi connectivity index (χ2n) is 9.66. The molecule has 1 aromatic rings. The van der Waals surface area contributed by atoms with Gasteiger partial charge in [0, 0.05) is 29.9 Å². The summed E-state index contributed by atoms with van der Waals surface area (Å²) in [7, 11) is 1.01. The van der Waals surface area contributed by atoms with Gasteiger partial charge < -0.3 is 10.2 Å². The van der Waals surface area contributed by atoms with Gasteiger partial charge in [-0.3, -0.25) is 4.79 Å². The molecule has 1 spiro atoms. The molecular formula is C27H37N4OP. The Balaban J connectivity index is 1.70. The fourth-order valence-electron chi connectivity index (χ4n) is 5.40. The van der Waals surface area contributed by atoms with Crippen molar-refractivity contribution in [2.24, 2.45) is 9.98 Å². The van der Waals surface area contributed by atoms with Gasteiger partial charge in [-0.2, -0.15) is 0 Å². The highest BCUT2D eigenvalue weighted by Crippen LogP contribution is 2.52. The molecule has 2 aliphatic heterocycles. The normalized spacial score (nSPS) is 25.1. The summed E-state index contributed by atoms with van der Waals surface area (Å²) in [6, 6.07) is 8.98. The van der Waals surface area contributed by atoms with Gasteiger partial charge in [0.15, 0.2) is 5.82 Å². The van der Waals surface area contributed by atoms with E-state index < -0.39 is 0 Å². The molecule has 1 saturated heterocycles. The zero-order valence-corrected chi connectivity index (χ0v) is 21.3. The first-order valence-corrected chi connectivity index (χ1v) is 13.7. The first-order valence-electron chi connectivity index (χ1n) is 12.3. The van der Waals surface area contributed by atoms with Gasteiger partial charge in [-0.25, -0.2) is 9.98 Å². The average molecular weight is 465 g/mol. The molecule has 33 heavy (non-hydrogen) atoms. The predicted octanol–water partition coefficient (Wildman–Crippen LogP) is 5.57. The maximum atomic E-state index is 12.9. The Labute approximate surface area is 200 Å². The number of nitrogens with zero attached hydrogens (tertiary/aromatic N) is 3. The summed E-state index contributed by atoms with van der Waals surface area (Å²) in [5.41, 5.74) is 4.80.